The third-order valence-corrected chi connectivity index (χ3v) is 4.60. The molecule has 2 N–H and O–H groups in total. The van der Waals surface area contributed by atoms with E-state index >= 15 is 0 Å². The quantitative estimate of drug-likeness (QED) is 0.889. The Bertz CT molecular complexity index is 644. The number of piperazine rings is 1. The van der Waals surface area contributed by atoms with Gasteiger partial charge in [0, 0.05) is 37.9 Å². The van der Waals surface area contributed by atoms with Crippen molar-refractivity contribution in [2.75, 3.05) is 25.0 Å². The maximum Gasteiger partial charge on any atom is 0.228 e. The van der Waals surface area contributed by atoms with E-state index in [-0.39, 0.29) is 17.9 Å². The highest BCUT2D eigenvalue weighted by atomic mass is 16.1. The van der Waals surface area contributed by atoms with E-state index in [9.17, 15) is 4.79 Å². The van der Waals surface area contributed by atoms with Gasteiger partial charge in [-0.1, -0.05) is 55.5 Å². The Morgan fingerprint density at radius 1 is 1.17 bits per heavy atom. The van der Waals surface area contributed by atoms with E-state index in [4.69, 9.17) is 0 Å². The van der Waals surface area contributed by atoms with Crippen LogP contribution in [0.25, 0.3) is 0 Å². The average molecular weight is 323 g/mol. The van der Waals surface area contributed by atoms with Gasteiger partial charge < -0.3 is 10.6 Å². The summed E-state index contributed by atoms with van der Waals surface area (Å²) in [6.07, 6.45) is 0. The minimum absolute atomic E-state index is 0.0697. The molecule has 126 valence electrons. The van der Waals surface area contributed by atoms with E-state index in [0.717, 1.165) is 31.9 Å². The van der Waals surface area contributed by atoms with Gasteiger partial charge in [-0.15, -0.1) is 0 Å². The second-order valence-electron chi connectivity index (χ2n) is 6.43. The molecular weight excluding hydrogens is 298 g/mol. The van der Waals surface area contributed by atoms with Crippen molar-refractivity contribution in [3.8, 4) is 0 Å². The first kappa shape index (κ1) is 16.7. The number of benzene rings is 2. The highest BCUT2D eigenvalue weighted by Crippen LogP contribution is 2.15. The molecule has 24 heavy (non-hydrogen) atoms. The number of amides is 1. The highest BCUT2D eigenvalue weighted by molar-refractivity contribution is 5.92. The van der Waals surface area contributed by atoms with Crippen LogP contribution in [0, 0.1) is 5.92 Å². The van der Waals surface area contributed by atoms with Gasteiger partial charge in [-0.05, 0) is 17.7 Å². The third-order valence-electron chi connectivity index (χ3n) is 4.60. The van der Waals surface area contributed by atoms with Crippen molar-refractivity contribution in [1.29, 1.82) is 0 Å². The lowest BCUT2D eigenvalue weighted by Gasteiger charge is -2.36. The molecule has 2 aromatic carbocycles. The molecule has 0 saturated carbocycles. The summed E-state index contributed by atoms with van der Waals surface area (Å²) in [6.45, 7) is 5.76. The Hall–Kier alpha value is -2.17. The molecule has 0 spiro atoms. The zero-order valence-corrected chi connectivity index (χ0v) is 14.1. The topological polar surface area (TPSA) is 44.4 Å². The second-order valence-corrected chi connectivity index (χ2v) is 6.43. The van der Waals surface area contributed by atoms with Gasteiger partial charge in [0.2, 0.25) is 5.91 Å². The molecule has 4 heteroatoms. The van der Waals surface area contributed by atoms with E-state index in [1.54, 1.807) is 0 Å². The molecule has 0 bridgehead atoms. The minimum atomic E-state index is -0.0798. The Labute approximate surface area is 143 Å². The van der Waals surface area contributed by atoms with Crippen LogP contribution >= 0.6 is 0 Å². The molecular formula is C20H25N3O. The number of nitrogens with zero attached hydrogens (tertiary/aromatic N) is 1. The number of hydrogen-bond donors (Lipinski definition) is 2. The smallest absolute Gasteiger partial charge is 0.228 e. The molecule has 0 aliphatic carbocycles. The number of carbonyl (C=O) groups excluding carboxylic acids is 1. The number of carbonyl (C=O) groups is 1. The predicted octanol–water partition coefficient (Wildman–Crippen LogP) is 2.74. The number of hydrogen-bond acceptors (Lipinski definition) is 3. The third kappa shape index (κ3) is 4.43. The molecule has 2 atom stereocenters. The van der Waals surface area contributed by atoms with Gasteiger partial charge in [0.1, 0.15) is 0 Å². The molecule has 2 aromatic rings. The molecule has 2 unspecified atom stereocenters. The average Bonchev–Trinajstić information content (AvgIpc) is 2.63. The van der Waals surface area contributed by atoms with Gasteiger partial charge in [-0.25, -0.2) is 0 Å². The van der Waals surface area contributed by atoms with Crippen LogP contribution in [-0.4, -0.2) is 36.5 Å². The van der Waals surface area contributed by atoms with Crippen molar-refractivity contribution in [3.63, 3.8) is 0 Å². The molecule has 0 radical (unpaired) electrons. The van der Waals surface area contributed by atoms with E-state index in [1.165, 1.54) is 5.56 Å². The van der Waals surface area contributed by atoms with Crippen molar-refractivity contribution in [2.24, 2.45) is 5.92 Å². The molecule has 1 aliphatic heterocycles. The molecule has 1 fully saturated rings. The summed E-state index contributed by atoms with van der Waals surface area (Å²) in [6, 6.07) is 20.3. The van der Waals surface area contributed by atoms with E-state index in [1.807, 2.05) is 43.3 Å². The zero-order chi connectivity index (χ0) is 16.8. The summed E-state index contributed by atoms with van der Waals surface area (Å²) in [5.41, 5.74) is 2.17. The summed E-state index contributed by atoms with van der Waals surface area (Å²) < 4.78 is 0. The fraction of sp³-hybridized carbons (Fsp3) is 0.350. The first-order chi connectivity index (χ1) is 11.7. The number of nitrogens with one attached hydrogen (secondary N) is 2. The summed E-state index contributed by atoms with van der Waals surface area (Å²) in [5.74, 6) is -0.0101. The van der Waals surface area contributed by atoms with Crippen LogP contribution in [0.4, 0.5) is 5.69 Å². The van der Waals surface area contributed by atoms with Gasteiger partial charge >= 0.3 is 0 Å². The lowest BCUT2D eigenvalue weighted by Crippen LogP contribution is -2.54. The van der Waals surface area contributed by atoms with E-state index < -0.39 is 0 Å². The first-order valence-corrected chi connectivity index (χ1v) is 8.58. The van der Waals surface area contributed by atoms with Crippen molar-refractivity contribution in [1.82, 2.24) is 10.2 Å². The second kappa shape index (κ2) is 8.08. The Morgan fingerprint density at radius 2 is 1.83 bits per heavy atom. The number of anilines is 1. The largest absolute Gasteiger partial charge is 0.326 e. The van der Waals surface area contributed by atoms with Crippen LogP contribution in [0.2, 0.25) is 0 Å². The monoisotopic (exact) mass is 323 g/mol. The van der Waals surface area contributed by atoms with Gasteiger partial charge in [-0.2, -0.15) is 0 Å². The van der Waals surface area contributed by atoms with E-state index in [0.29, 0.717) is 0 Å². The molecule has 0 aromatic heterocycles. The number of para-hydroxylation sites is 1. The van der Waals surface area contributed by atoms with Gasteiger partial charge in [-0.3, -0.25) is 9.69 Å². The lowest BCUT2D eigenvalue weighted by atomic mass is 9.98. The highest BCUT2D eigenvalue weighted by Gasteiger charge is 2.28. The SMILES string of the molecule is CC(C(=O)Nc1ccccc1)C1CN(Cc2ccccc2)CCN1. The molecule has 1 amide bonds. The fourth-order valence-electron chi connectivity index (χ4n) is 3.12. The van der Waals surface area contributed by atoms with Crippen LogP contribution in [0.3, 0.4) is 0 Å². The van der Waals surface area contributed by atoms with Crippen LogP contribution in [0.1, 0.15) is 12.5 Å². The normalized spacial score (nSPS) is 19.6. The standard InChI is InChI=1S/C20H25N3O/c1-16(20(24)22-18-10-6-3-7-11-18)19-15-23(13-12-21-19)14-17-8-4-2-5-9-17/h2-11,16,19,21H,12-15H2,1H3,(H,22,24). The Kier molecular flexibility index (Phi) is 5.62. The van der Waals surface area contributed by atoms with Crippen molar-refractivity contribution in [2.45, 2.75) is 19.5 Å². The molecule has 1 saturated heterocycles. The summed E-state index contributed by atoms with van der Waals surface area (Å²) in [5, 5.41) is 6.50. The van der Waals surface area contributed by atoms with Crippen molar-refractivity contribution in [3.05, 3.63) is 66.2 Å². The fourth-order valence-corrected chi connectivity index (χ4v) is 3.12. The van der Waals surface area contributed by atoms with Crippen molar-refractivity contribution < 1.29 is 4.79 Å². The maximum absolute atomic E-state index is 12.5. The van der Waals surface area contributed by atoms with Crippen LogP contribution in [-0.2, 0) is 11.3 Å². The molecule has 1 aliphatic rings. The van der Waals surface area contributed by atoms with Gasteiger partial charge in [0.15, 0.2) is 0 Å². The van der Waals surface area contributed by atoms with Gasteiger partial charge in [0.25, 0.3) is 0 Å². The van der Waals surface area contributed by atoms with Crippen molar-refractivity contribution >= 4 is 11.6 Å². The zero-order valence-electron chi connectivity index (χ0n) is 14.1. The molecule has 3 rings (SSSR count). The maximum atomic E-state index is 12.5. The predicted molar refractivity (Wildman–Crippen MR) is 97.7 cm³/mol. The minimum Gasteiger partial charge on any atom is -0.326 e. The Balaban J connectivity index is 1.56. The summed E-state index contributed by atoms with van der Waals surface area (Å²) in [4.78, 5) is 14.9. The summed E-state index contributed by atoms with van der Waals surface area (Å²) in [7, 11) is 0. The van der Waals surface area contributed by atoms with Gasteiger partial charge in [0.05, 0.1) is 5.92 Å². The Morgan fingerprint density at radius 3 is 2.54 bits per heavy atom. The van der Waals surface area contributed by atoms with Crippen LogP contribution in [0.5, 0.6) is 0 Å². The first-order valence-electron chi connectivity index (χ1n) is 8.58. The molecule has 4 nitrogen and oxygen atoms in total. The lowest BCUT2D eigenvalue weighted by molar-refractivity contribution is -0.120. The molecule has 1 heterocycles. The van der Waals surface area contributed by atoms with E-state index in [2.05, 4.69) is 39.8 Å². The van der Waals surface area contributed by atoms with Crippen LogP contribution < -0.4 is 10.6 Å². The number of rotatable bonds is 5. The van der Waals surface area contributed by atoms with Crippen LogP contribution in [0.15, 0.2) is 60.7 Å². The summed E-state index contributed by atoms with van der Waals surface area (Å²) >= 11 is 0.